The second-order valence-electron chi connectivity index (χ2n) is 6.65. The molecule has 1 saturated heterocycles. The van der Waals surface area contributed by atoms with Gasteiger partial charge in [-0.05, 0) is 45.9 Å². The van der Waals surface area contributed by atoms with E-state index in [0.29, 0.717) is 4.47 Å². The molecule has 0 saturated carbocycles. The maximum absolute atomic E-state index is 14.4. The topological polar surface area (TPSA) is 80.7 Å². The fourth-order valence-electron chi connectivity index (χ4n) is 3.43. The van der Waals surface area contributed by atoms with Gasteiger partial charge in [0, 0.05) is 4.47 Å². The highest BCUT2D eigenvalue weighted by atomic mass is 79.9. The minimum atomic E-state index is -4.54. The first-order valence-electron chi connectivity index (χ1n) is 6.79. The van der Waals surface area contributed by atoms with Crippen molar-refractivity contribution >= 4 is 32.3 Å². The minimum Gasteiger partial charge on any atom is -0.434 e. The summed E-state index contributed by atoms with van der Waals surface area (Å²) in [5, 5.41) is 9.87. The Morgan fingerprint density at radius 3 is 2.48 bits per heavy atom. The third kappa shape index (κ3) is 2.25. The summed E-state index contributed by atoms with van der Waals surface area (Å²) >= 11 is 3.21. The summed E-state index contributed by atoms with van der Waals surface area (Å²) < 4.78 is 43.6. The lowest BCUT2D eigenvalue weighted by Gasteiger charge is -2.45. The normalized spacial score (nSPS) is 30.3. The van der Waals surface area contributed by atoms with E-state index < -0.39 is 43.8 Å². The molecule has 1 heterocycles. The molecule has 0 aromatic heterocycles. The van der Waals surface area contributed by atoms with E-state index in [9.17, 15) is 22.7 Å². The van der Waals surface area contributed by atoms with Crippen LogP contribution in [0.1, 0.15) is 33.3 Å². The Kier molecular flexibility index (Phi) is 4.17. The molecule has 1 aliphatic heterocycles. The fraction of sp³-hybridized carbons (Fsp3) is 0.500. The van der Waals surface area contributed by atoms with E-state index in [4.69, 9.17) is 4.18 Å². The van der Waals surface area contributed by atoms with Crippen LogP contribution in [0.5, 0.6) is 0 Å². The van der Waals surface area contributed by atoms with Gasteiger partial charge in [0.05, 0.1) is 5.56 Å². The SMILES string of the molecule is CC(C)(C)[N+]1(C(=O)O)C(C)(c2cc(Br)ccc2F)COS1(=O)=O. The molecule has 1 fully saturated rings. The first kappa shape index (κ1) is 18.3. The fourth-order valence-corrected chi connectivity index (χ4v) is 5.84. The summed E-state index contributed by atoms with van der Waals surface area (Å²) in [6.45, 7) is 5.35. The zero-order valence-electron chi connectivity index (χ0n) is 13.1. The summed E-state index contributed by atoms with van der Waals surface area (Å²) in [5.41, 5.74) is -2.99. The Labute approximate surface area is 142 Å². The Morgan fingerprint density at radius 2 is 2.00 bits per heavy atom. The molecule has 9 heteroatoms. The second-order valence-corrected chi connectivity index (χ2v) is 9.21. The molecular weight excluding hydrogens is 393 g/mol. The zero-order valence-corrected chi connectivity index (χ0v) is 15.5. The van der Waals surface area contributed by atoms with Crippen LogP contribution in [0.3, 0.4) is 0 Å². The summed E-state index contributed by atoms with van der Waals surface area (Å²) in [6.07, 6.45) is -1.61. The summed E-state index contributed by atoms with van der Waals surface area (Å²) in [7, 11) is -4.54. The van der Waals surface area contributed by atoms with Crippen LogP contribution in [0.2, 0.25) is 0 Å². The molecule has 1 aliphatic rings. The van der Waals surface area contributed by atoms with Crippen molar-refractivity contribution in [1.29, 1.82) is 0 Å². The van der Waals surface area contributed by atoms with Crippen molar-refractivity contribution < 1.29 is 30.8 Å². The number of hydrogen-bond donors (Lipinski definition) is 1. The molecule has 0 radical (unpaired) electrons. The van der Waals surface area contributed by atoms with Gasteiger partial charge in [0.15, 0.2) is 5.54 Å². The van der Waals surface area contributed by atoms with Crippen LogP contribution >= 0.6 is 15.9 Å². The van der Waals surface area contributed by atoms with E-state index in [1.165, 1.54) is 39.8 Å². The van der Waals surface area contributed by atoms with Crippen molar-refractivity contribution in [2.45, 2.75) is 38.8 Å². The van der Waals surface area contributed by atoms with Crippen molar-refractivity contribution in [3.8, 4) is 0 Å². The lowest BCUT2D eigenvalue weighted by atomic mass is 9.86. The standard InChI is InChI=1S/C14H17BrFNO5S/c1-13(2,3)17(12(18)19)14(4,8-22-23(17,20)21)10-7-9(15)5-6-11(10)16/h5-7H,8H2,1-4H3/p+1. The highest BCUT2D eigenvalue weighted by molar-refractivity contribution is 9.10. The van der Waals surface area contributed by atoms with Crippen LogP contribution in [0, 0.1) is 5.82 Å². The third-order valence-electron chi connectivity index (χ3n) is 4.24. The number of carboxylic acid groups (broad SMARTS) is 1. The van der Waals surface area contributed by atoms with Crippen LogP contribution in [-0.2, 0) is 20.0 Å². The predicted molar refractivity (Wildman–Crippen MR) is 84.4 cm³/mol. The lowest BCUT2D eigenvalue weighted by Crippen LogP contribution is -2.71. The highest BCUT2D eigenvalue weighted by Gasteiger charge is 2.75. The van der Waals surface area contributed by atoms with Crippen molar-refractivity contribution in [2.24, 2.45) is 0 Å². The Morgan fingerprint density at radius 1 is 1.43 bits per heavy atom. The molecule has 0 aliphatic carbocycles. The third-order valence-corrected chi connectivity index (χ3v) is 6.93. The summed E-state index contributed by atoms with van der Waals surface area (Å²) in [6, 6.07) is 4.01. The van der Waals surface area contributed by atoms with Gasteiger partial charge in [-0.2, -0.15) is 4.79 Å². The number of nitrogens with zero attached hydrogens (tertiary/aromatic N) is 1. The van der Waals surface area contributed by atoms with Crippen molar-refractivity contribution in [1.82, 2.24) is 0 Å². The molecule has 128 valence electrons. The lowest BCUT2D eigenvalue weighted by molar-refractivity contribution is -0.838. The number of benzene rings is 1. The first-order valence-corrected chi connectivity index (χ1v) is 8.95. The average Bonchev–Trinajstić information content (AvgIpc) is 2.60. The summed E-state index contributed by atoms with van der Waals surface area (Å²) in [5.74, 6) is -0.690. The molecule has 1 amide bonds. The monoisotopic (exact) mass is 410 g/mol. The highest BCUT2D eigenvalue weighted by Crippen LogP contribution is 2.52. The average molecular weight is 411 g/mol. The molecule has 2 unspecified atom stereocenters. The molecule has 2 atom stereocenters. The van der Waals surface area contributed by atoms with Crippen LogP contribution < -0.4 is 0 Å². The number of amides is 1. The molecule has 6 nitrogen and oxygen atoms in total. The van der Waals surface area contributed by atoms with Gasteiger partial charge < -0.3 is 5.11 Å². The van der Waals surface area contributed by atoms with Crippen molar-refractivity contribution in [3.63, 3.8) is 0 Å². The number of halogens is 2. The van der Waals surface area contributed by atoms with E-state index in [-0.39, 0.29) is 5.56 Å². The summed E-state index contributed by atoms with van der Waals surface area (Å²) in [4.78, 5) is 12.1. The van der Waals surface area contributed by atoms with E-state index in [1.54, 1.807) is 0 Å². The zero-order chi connectivity index (χ0) is 17.8. The Bertz CT molecular complexity index is 776. The van der Waals surface area contributed by atoms with Crippen molar-refractivity contribution in [2.75, 3.05) is 6.61 Å². The van der Waals surface area contributed by atoms with E-state index in [0.717, 1.165) is 6.07 Å². The number of quaternary nitrogens is 1. The minimum absolute atomic E-state index is 0.0368. The van der Waals surface area contributed by atoms with Gasteiger partial charge in [-0.3, -0.25) is 0 Å². The van der Waals surface area contributed by atoms with Crippen LogP contribution in [0.15, 0.2) is 22.7 Å². The van der Waals surface area contributed by atoms with E-state index in [1.807, 2.05) is 0 Å². The molecule has 2 rings (SSSR count). The predicted octanol–water partition coefficient (Wildman–Crippen LogP) is 3.37. The smallest absolute Gasteiger partial charge is 0.434 e. The van der Waals surface area contributed by atoms with Crippen molar-refractivity contribution in [3.05, 3.63) is 34.1 Å². The maximum atomic E-state index is 14.4. The van der Waals surface area contributed by atoms with Gasteiger partial charge in [0.2, 0.25) is 0 Å². The Hall–Kier alpha value is -1.03. The molecule has 23 heavy (non-hydrogen) atoms. The van der Waals surface area contributed by atoms with Gasteiger partial charge in [-0.25, -0.2) is 8.57 Å². The Balaban J connectivity index is 2.95. The molecule has 0 spiro atoms. The van der Waals surface area contributed by atoms with Gasteiger partial charge in [-0.1, -0.05) is 19.8 Å². The molecule has 1 N–H and O–H groups in total. The number of rotatable bonds is 1. The van der Waals surface area contributed by atoms with E-state index in [2.05, 4.69) is 15.9 Å². The molecule has 1 aromatic rings. The second kappa shape index (κ2) is 5.23. The molecular formula is C14H18BrFNO5S+. The van der Waals surface area contributed by atoms with Crippen LogP contribution in [-0.4, -0.2) is 35.7 Å². The largest absolute Gasteiger partial charge is 0.532 e. The van der Waals surface area contributed by atoms with Gasteiger partial charge in [-0.15, -0.1) is 8.42 Å². The maximum Gasteiger partial charge on any atom is 0.532 e. The van der Waals surface area contributed by atoms with E-state index >= 15 is 0 Å². The van der Waals surface area contributed by atoms with Gasteiger partial charge in [0.1, 0.15) is 18.0 Å². The molecule has 0 bridgehead atoms. The number of hydrogen-bond acceptors (Lipinski definition) is 4. The first-order chi connectivity index (χ1) is 10.3. The van der Waals surface area contributed by atoms with Crippen LogP contribution in [0.25, 0.3) is 0 Å². The van der Waals surface area contributed by atoms with Gasteiger partial charge in [0.25, 0.3) is 0 Å². The quantitative estimate of drug-likeness (QED) is 0.717. The molecule has 1 aromatic carbocycles. The number of carbonyl (C=O) groups is 1. The van der Waals surface area contributed by atoms with Crippen LogP contribution in [0.4, 0.5) is 9.18 Å². The van der Waals surface area contributed by atoms with Gasteiger partial charge >= 0.3 is 16.4 Å².